The fraction of sp³-hybridized carbons (Fsp3) is 0.261. The Bertz CT molecular complexity index is 1050. The van der Waals surface area contributed by atoms with Crippen molar-refractivity contribution in [1.82, 2.24) is 4.90 Å². The maximum absolute atomic E-state index is 13.5. The molecule has 3 rings (SSSR count). The molecular weight excluding hydrogens is 403 g/mol. The van der Waals surface area contributed by atoms with Gasteiger partial charge >= 0.3 is 5.97 Å². The van der Waals surface area contributed by atoms with Crippen molar-refractivity contribution in [2.45, 2.75) is 32.1 Å². The maximum atomic E-state index is 13.5. The molecule has 2 N–H and O–H groups in total. The third-order valence-corrected chi connectivity index (χ3v) is 4.86. The molecule has 0 bridgehead atoms. The number of benzene rings is 2. The Kier molecular flexibility index (Phi) is 6.10. The van der Waals surface area contributed by atoms with E-state index in [1.807, 2.05) is 0 Å². The molecule has 1 fully saturated rings. The van der Waals surface area contributed by atoms with Gasteiger partial charge in [0.2, 0.25) is 17.5 Å². The number of esters is 1. The van der Waals surface area contributed by atoms with Gasteiger partial charge in [-0.05, 0) is 41.8 Å². The molecule has 7 nitrogen and oxygen atoms in total. The number of likely N-dealkylation sites (N-methyl/N-ethyl adjacent to an activating group) is 1. The Labute approximate surface area is 179 Å². The monoisotopic (exact) mass is 426 g/mol. The number of nitrogens with zero attached hydrogens (tertiary/aromatic N) is 1. The van der Waals surface area contributed by atoms with Crippen LogP contribution >= 0.6 is 0 Å². The van der Waals surface area contributed by atoms with Crippen LogP contribution in [0.25, 0.3) is 0 Å². The minimum atomic E-state index is -1.15. The second kappa shape index (κ2) is 8.59. The summed E-state index contributed by atoms with van der Waals surface area (Å²) in [6.07, 6.45) is 1.41. The molecular formula is C23H23FN2O5. The molecule has 1 saturated heterocycles. The lowest BCUT2D eigenvalue weighted by Crippen LogP contribution is -2.32. The van der Waals surface area contributed by atoms with Crippen LogP contribution < -0.4 is 5.73 Å². The molecule has 1 atom stereocenters. The lowest BCUT2D eigenvalue weighted by atomic mass is 9.96. The highest BCUT2D eigenvalue weighted by atomic mass is 19.1. The Morgan fingerprint density at radius 1 is 1.16 bits per heavy atom. The highest BCUT2D eigenvalue weighted by Gasteiger charge is 2.38. The zero-order valence-electron chi connectivity index (χ0n) is 17.4. The van der Waals surface area contributed by atoms with Crippen molar-refractivity contribution < 1.29 is 28.2 Å². The average Bonchev–Trinajstić information content (AvgIpc) is 2.97. The number of carbonyl (C=O) groups is 3. The first kappa shape index (κ1) is 22.0. The first-order chi connectivity index (χ1) is 14.6. The summed E-state index contributed by atoms with van der Waals surface area (Å²) < 4.78 is 23.9. The molecule has 0 spiro atoms. The van der Waals surface area contributed by atoms with E-state index in [-0.39, 0.29) is 5.76 Å². The van der Waals surface area contributed by atoms with Gasteiger partial charge in [-0.2, -0.15) is 0 Å². The number of rotatable bonds is 6. The fourth-order valence-corrected chi connectivity index (χ4v) is 3.29. The number of hydrogen-bond acceptors (Lipinski definition) is 5. The molecule has 1 unspecified atom stereocenters. The summed E-state index contributed by atoms with van der Waals surface area (Å²) in [5.41, 5.74) is 7.14. The minimum Gasteiger partial charge on any atom is -0.445 e. The number of halogens is 1. The van der Waals surface area contributed by atoms with E-state index in [0.717, 1.165) is 11.6 Å². The van der Waals surface area contributed by atoms with E-state index >= 15 is 0 Å². The molecule has 1 heterocycles. The summed E-state index contributed by atoms with van der Waals surface area (Å²) in [6.45, 7) is 3.12. The van der Waals surface area contributed by atoms with E-state index in [9.17, 15) is 18.8 Å². The van der Waals surface area contributed by atoms with Gasteiger partial charge in [-0.3, -0.25) is 9.59 Å². The van der Waals surface area contributed by atoms with Crippen LogP contribution in [0.3, 0.4) is 0 Å². The largest absolute Gasteiger partial charge is 0.445 e. The van der Waals surface area contributed by atoms with Crippen molar-refractivity contribution in [2.24, 2.45) is 5.73 Å². The van der Waals surface area contributed by atoms with Gasteiger partial charge in [-0.15, -0.1) is 0 Å². The molecule has 2 aromatic carbocycles. The van der Waals surface area contributed by atoms with E-state index in [4.69, 9.17) is 15.2 Å². The molecule has 8 heteroatoms. The third-order valence-electron chi connectivity index (χ3n) is 4.86. The van der Waals surface area contributed by atoms with Crippen LogP contribution in [0.2, 0.25) is 0 Å². The molecule has 0 aliphatic carbocycles. The van der Waals surface area contributed by atoms with Crippen LogP contribution in [-0.4, -0.2) is 35.5 Å². The lowest BCUT2D eigenvalue weighted by Gasteiger charge is -2.28. The first-order valence-electron chi connectivity index (χ1n) is 9.61. The quantitative estimate of drug-likeness (QED) is 0.566. The van der Waals surface area contributed by atoms with Crippen molar-refractivity contribution in [2.75, 3.05) is 7.05 Å². The Hall–Kier alpha value is -3.68. The van der Waals surface area contributed by atoms with E-state index in [1.165, 1.54) is 17.0 Å². The molecule has 0 aromatic heterocycles. The summed E-state index contributed by atoms with van der Waals surface area (Å²) in [5, 5.41) is 0. The third kappa shape index (κ3) is 5.28. The van der Waals surface area contributed by atoms with Crippen molar-refractivity contribution in [3.63, 3.8) is 0 Å². The van der Waals surface area contributed by atoms with E-state index < -0.39 is 35.4 Å². The zero-order chi connectivity index (χ0) is 22.8. The summed E-state index contributed by atoms with van der Waals surface area (Å²) in [7, 11) is 1.57. The topological polar surface area (TPSA) is 98.9 Å². The predicted octanol–water partition coefficient (Wildman–Crippen LogP) is 2.86. The smallest absolute Gasteiger partial charge is 0.377 e. The van der Waals surface area contributed by atoms with E-state index in [2.05, 4.69) is 0 Å². The molecule has 1 aliphatic rings. The summed E-state index contributed by atoms with van der Waals surface area (Å²) >= 11 is 0. The first-order valence-corrected chi connectivity index (χ1v) is 9.61. The van der Waals surface area contributed by atoms with Crippen molar-refractivity contribution in [1.29, 1.82) is 0 Å². The fourth-order valence-electron chi connectivity index (χ4n) is 3.29. The summed E-state index contributed by atoms with van der Waals surface area (Å²) in [5.74, 6) is -3.51. The van der Waals surface area contributed by atoms with Gasteiger partial charge in [0, 0.05) is 26.5 Å². The van der Waals surface area contributed by atoms with Gasteiger partial charge in [0.25, 0.3) is 5.91 Å². The molecule has 31 heavy (non-hydrogen) atoms. The maximum Gasteiger partial charge on any atom is 0.377 e. The number of ether oxygens (including phenoxy) is 2. The highest BCUT2D eigenvalue weighted by Crippen LogP contribution is 2.28. The standard InChI is InChI=1S/C23H23FN2O5/c1-23(2)30-19(22(29)31-23)13-20(27)26(3)18(15-7-9-17(24)10-8-15)12-14-5-4-6-16(11-14)21(25)28/h4-11,13,18H,12H2,1-3H3,(H2,25,28). The number of amides is 2. The molecule has 2 amide bonds. The van der Waals surface area contributed by atoms with Crippen molar-refractivity contribution in [3.05, 3.63) is 82.9 Å². The van der Waals surface area contributed by atoms with Crippen LogP contribution in [-0.2, 0) is 25.5 Å². The normalized spacial score (nSPS) is 17.0. The van der Waals surface area contributed by atoms with Crippen molar-refractivity contribution in [3.8, 4) is 0 Å². The number of primary amides is 1. The average molecular weight is 426 g/mol. The Morgan fingerprint density at radius 2 is 1.84 bits per heavy atom. The zero-order valence-corrected chi connectivity index (χ0v) is 17.4. The van der Waals surface area contributed by atoms with Crippen LogP contribution in [0.1, 0.15) is 41.4 Å². The molecule has 2 aromatic rings. The van der Waals surface area contributed by atoms with Crippen LogP contribution in [0.5, 0.6) is 0 Å². The second-order valence-electron chi connectivity index (χ2n) is 7.69. The van der Waals surface area contributed by atoms with Crippen molar-refractivity contribution >= 4 is 17.8 Å². The van der Waals surface area contributed by atoms with Gasteiger partial charge in [0.05, 0.1) is 12.1 Å². The number of carbonyl (C=O) groups excluding carboxylic acids is 3. The lowest BCUT2D eigenvalue weighted by molar-refractivity contribution is -0.159. The Balaban J connectivity index is 1.91. The molecule has 0 saturated carbocycles. The van der Waals surface area contributed by atoms with Crippen LogP contribution in [0.15, 0.2) is 60.4 Å². The number of hydrogen-bond donors (Lipinski definition) is 1. The van der Waals surface area contributed by atoms with Gasteiger partial charge < -0.3 is 20.1 Å². The second-order valence-corrected chi connectivity index (χ2v) is 7.69. The van der Waals surface area contributed by atoms with Crippen LogP contribution in [0.4, 0.5) is 4.39 Å². The Morgan fingerprint density at radius 3 is 2.42 bits per heavy atom. The molecule has 1 aliphatic heterocycles. The van der Waals surface area contributed by atoms with E-state index in [0.29, 0.717) is 17.5 Å². The van der Waals surface area contributed by atoms with Gasteiger partial charge in [0.15, 0.2) is 0 Å². The van der Waals surface area contributed by atoms with Gasteiger partial charge in [0.1, 0.15) is 5.82 Å². The molecule has 0 radical (unpaired) electrons. The number of cyclic esters (lactones) is 1. The van der Waals surface area contributed by atoms with Gasteiger partial charge in [-0.1, -0.05) is 24.3 Å². The minimum absolute atomic E-state index is 0.185. The van der Waals surface area contributed by atoms with E-state index in [1.54, 1.807) is 57.3 Å². The van der Waals surface area contributed by atoms with Crippen LogP contribution in [0, 0.1) is 5.82 Å². The number of nitrogens with two attached hydrogens (primary N) is 1. The summed E-state index contributed by atoms with van der Waals surface area (Å²) in [4.78, 5) is 37.8. The van der Waals surface area contributed by atoms with Gasteiger partial charge in [-0.25, -0.2) is 9.18 Å². The predicted molar refractivity (Wildman–Crippen MR) is 110 cm³/mol. The summed E-state index contributed by atoms with van der Waals surface area (Å²) in [6, 6.07) is 12.0. The SMILES string of the molecule is CN(C(=O)C=C1OC(C)(C)OC1=O)C(Cc1cccc(C(N)=O)c1)c1ccc(F)cc1. The highest BCUT2D eigenvalue weighted by molar-refractivity contribution is 5.98. The molecule has 162 valence electrons.